The van der Waals surface area contributed by atoms with E-state index in [1.54, 1.807) is 20.8 Å². The molecule has 0 saturated heterocycles. The lowest BCUT2D eigenvalue weighted by atomic mass is 9.73. The first-order chi connectivity index (χ1) is 13.0. The number of hydrogen-bond acceptors (Lipinski definition) is 4. The zero-order chi connectivity index (χ0) is 23.2. The molecule has 5 nitrogen and oxygen atoms in total. The fourth-order valence-corrected chi connectivity index (χ4v) is 4.73. The number of carbonyl (C=O) groups is 2. The van der Waals surface area contributed by atoms with E-state index >= 15 is 0 Å². The standard InChI is InChI=1S/C23H44O5Si/c1-11-12-13-14-16(2)20(26)17(3)21(27)23(7,8)18(15-19(24)25)28-29(9,10)22(4,5)6/h11,16-18,20,26H,1,12-15H2,2-10H3,(H,24,25). The van der Waals surface area contributed by atoms with Crippen molar-refractivity contribution in [3.63, 3.8) is 0 Å². The monoisotopic (exact) mass is 428 g/mol. The minimum absolute atomic E-state index is 0.0241. The summed E-state index contributed by atoms with van der Waals surface area (Å²) in [7, 11) is -2.28. The van der Waals surface area contributed by atoms with Crippen LogP contribution in [0.5, 0.6) is 0 Å². The van der Waals surface area contributed by atoms with Crippen molar-refractivity contribution in [1.29, 1.82) is 0 Å². The molecule has 6 heteroatoms. The number of unbranched alkanes of at least 4 members (excludes halogenated alkanes) is 1. The molecule has 0 aliphatic carbocycles. The topological polar surface area (TPSA) is 83.8 Å². The van der Waals surface area contributed by atoms with E-state index in [0.29, 0.717) is 0 Å². The number of rotatable bonds is 13. The first-order valence-corrected chi connectivity index (χ1v) is 13.6. The van der Waals surface area contributed by atoms with E-state index in [0.717, 1.165) is 19.3 Å². The van der Waals surface area contributed by atoms with Crippen LogP contribution in [0, 0.1) is 17.3 Å². The molecule has 0 bridgehead atoms. The van der Waals surface area contributed by atoms with Gasteiger partial charge in [0, 0.05) is 11.3 Å². The van der Waals surface area contributed by atoms with Crippen LogP contribution in [0.4, 0.5) is 0 Å². The average molecular weight is 429 g/mol. The van der Waals surface area contributed by atoms with Crippen molar-refractivity contribution in [2.75, 3.05) is 0 Å². The van der Waals surface area contributed by atoms with Crippen molar-refractivity contribution in [1.82, 2.24) is 0 Å². The van der Waals surface area contributed by atoms with E-state index in [1.807, 2.05) is 13.0 Å². The summed E-state index contributed by atoms with van der Waals surface area (Å²) in [5.41, 5.74) is -1.02. The van der Waals surface area contributed by atoms with Crippen LogP contribution in [0.2, 0.25) is 18.1 Å². The zero-order valence-electron chi connectivity index (χ0n) is 20.0. The molecule has 2 N–H and O–H groups in total. The summed E-state index contributed by atoms with van der Waals surface area (Å²) in [5, 5.41) is 20.1. The average Bonchev–Trinajstić information content (AvgIpc) is 2.57. The predicted molar refractivity (Wildman–Crippen MR) is 121 cm³/mol. The van der Waals surface area contributed by atoms with E-state index in [1.165, 1.54) is 0 Å². The first kappa shape index (κ1) is 28.0. The maximum atomic E-state index is 13.4. The molecule has 0 aliphatic rings. The van der Waals surface area contributed by atoms with Crippen LogP contribution >= 0.6 is 0 Å². The third-order valence-electron chi connectivity index (χ3n) is 6.62. The van der Waals surface area contributed by atoms with Crippen molar-refractivity contribution < 1.29 is 24.2 Å². The molecule has 0 radical (unpaired) electrons. The number of carbonyl (C=O) groups excluding carboxylic acids is 1. The van der Waals surface area contributed by atoms with Crippen LogP contribution in [0.15, 0.2) is 12.7 Å². The van der Waals surface area contributed by atoms with Gasteiger partial charge in [-0.15, -0.1) is 6.58 Å². The maximum Gasteiger partial charge on any atom is 0.305 e. The van der Waals surface area contributed by atoms with Crippen molar-refractivity contribution in [3.8, 4) is 0 Å². The van der Waals surface area contributed by atoms with Crippen molar-refractivity contribution in [3.05, 3.63) is 12.7 Å². The fraction of sp³-hybridized carbons (Fsp3) is 0.826. The molecule has 4 atom stereocenters. The fourth-order valence-electron chi connectivity index (χ4n) is 3.28. The molecular weight excluding hydrogens is 384 g/mol. The Labute approximate surface area is 179 Å². The summed E-state index contributed by atoms with van der Waals surface area (Å²) in [6, 6.07) is 0. The molecule has 170 valence electrons. The van der Waals surface area contributed by atoms with Crippen LogP contribution in [-0.2, 0) is 14.0 Å². The highest BCUT2D eigenvalue weighted by atomic mass is 28.4. The summed E-state index contributed by atoms with van der Waals surface area (Å²) in [4.78, 5) is 24.9. The molecule has 0 rings (SSSR count). The van der Waals surface area contributed by atoms with Gasteiger partial charge in [0.15, 0.2) is 8.32 Å². The van der Waals surface area contributed by atoms with Gasteiger partial charge in [0.25, 0.3) is 0 Å². The van der Waals surface area contributed by atoms with Crippen molar-refractivity contribution in [2.45, 2.75) is 104 Å². The van der Waals surface area contributed by atoms with Crippen LogP contribution < -0.4 is 0 Å². The Hall–Kier alpha value is -0.983. The molecule has 0 fully saturated rings. The summed E-state index contributed by atoms with van der Waals surface area (Å²) in [6.45, 7) is 21.3. The largest absolute Gasteiger partial charge is 0.481 e. The number of aliphatic carboxylic acids is 1. The van der Waals surface area contributed by atoms with Gasteiger partial charge in [0.2, 0.25) is 0 Å². The Morgan fingerprint density at radius 2 is 1.66 bits per heavy atom. The van der Waals surface area contributed by atoms with E-state index in [4.69, 9.17) is 4.43 Å². The van der Waals surface area contributed by atoms with Crippen LogP contribution in [0.3, 0.4) is 0 Å². The van der Waals surface area contributed by atoms with Crippen LogP contribution in [0.1, 0.15) is 74.1 Å². The van der Waals surface area contributed by atoms with Crippen LogP contribution in [0.25, 0.3) is 0 Å². The quantitative estimate of drug-likeness (QED) is 0.232. The number of aliphatic hydroxyl groups excluding tert-OH is 1. The Morgan fingerprint density at radius 3 is 2.07 bits per heavy atom. The third-order valence-corrected chi connectivity index (χ3v) is 11.1. The van der Waals surface area contributed by atoms with Gasteiger partial charge in [-0.3, -0.25) is 9.59 Å². The van der Waals surface area contributed by atoms with Gasteiger partial charge in [-0.05, 0) is 43.3 Å². The molecule has 0 saturated carbocycles. The summed E-state index contributed by atoms with van der Waals surface area (Å²) in [6.07, 6.45) is 2.72. The Kier molecular flexibility index (Phi) is 10.5. The smallest absolute Gasteiger partial charge is 0.305 e. The van der Waals surface area contributed by atoms with E-state index in [2.05, 4.69) is 40.4 Å². The lowest BCUT2D eigenvalue weighted by molar-refractivity contribution is -0.146. The number of ketones is 1. The molecule has 0 aromatic rings. The number of carboxylic acids is 1. The minimum Gasteiger partial charge on any atom is -0.481 e. The Balaban J connectivity index is 5.58. The van der Waals surface area contributed by atoms with Crippen molar-refractivity contribution >= 4 is 20.1 Å². The summed E-state index contributed by atoms with van der Waals surface area (Å²) in [5.74, 6) is -1.75. The van der Waals surface area contributed by atoms with Gasteiger partial charge in [0.1, 0.15) is 5.78 Å². The third kappa shape index (κ3) is 7.98. The molecule has 0 heterocycles. The lowest BCUT2D eigenvalue weighted by Gasteiger charge is -2.44. The Bertz CT molecular complexity index is 562. The van der Waals surface area contributed by atoms with Crippen LogP contribution in [-0.4, -0.2) is 42.5 Å². The second-order valence-electron chi connectivity index (χ2n) is 10.5. The minimum atomic E-state index is -2.28. The second kappa shape index (κ2) is 10.9. The summed E-state index contributed by atoms with van der Waals surface area (Å²) < 4.78 is 6.41. The molecule has 0 amide bonds. The molecule has 0 spiro atoms. The molecule has 0 aromatic carbocycles. The normalized spacial score (nSPS) is 17.3. The van der Waals surface area contributed by atoms with Gasteiger partial charge in [-0.2, -0.15) is 0 Å². The zero-order valence-corrected chi connectivity index (χ0v) is 21.0. The number of Topliss-reactive ketones (excluding diaryl/α,β-unsaturated/α-hetero) is 1. The molecule has 0 aromatic heterocycles. The molecule has 0 aliphatic heterocycles. The van der Waals surface area contributed by atoms with Gasteiger partial charge in [-0.1, -0.05) is 54.5 Å². The van der Waals surface area contributed by atoms with E-state index in [9.17, 15) is 19.8 Å². The number of hydrogen-bond donors (Lipinski definition) is 2. The highest BCUT2D eigenvalue weighted by molar-refractivity contribution is 6.74. The molecule has 4 unspecified atom stereocenters. The van der Waals surface area contributed by atoms with E-state index in [-0.39, 0.29) is 23.2 Å². The highest BCUT2D eigenvalue weighted by Crippen LogP contribution is 2.41. The van der Waals surface area contributed by atoms with Gasteiger partial charge >= 0.3 is 5.97 Å². The highest BCUT2D eigenvalue weighted by Gasteiger charge is 2.47. The SMILES string of the molecule is C=CCCCC(C)C(O)C(C)C(=O)C(C)(C)C(CC(=O)O)O[Si](C)(C)C(C)(C)C. The number of allylic oxidation sites excluding steroid dienone is 1. The van der Waals surface area contributed by atoms with Gasteiger partial charge < -0.3 is 14.6 Å². The van der Waals surface area contributed by atoms with Gasteiger partial charge in [-0.25, -0.2) is 0 Å². The number of carboxylic acid groups (broad SMARTS) is 1. The maximum absolute atomic E-state index is 13.4. The Morgan fingerprint density at radius 1 is 1.14 bits per heavy atom. The first-order valence-electron chi connectivity index (χ1n) is 10.7. The predicted octanol–water partition coefficient (Wildman–Crippen LogP) is 5.44. The lowest BCUT2D eigenvalue weighted by Crippen LogP contribution is -2.52. The second-order valence-corrected chi connectivity index (χ2v) is 15.3. The molecule has 29 heavy (non-hydrogen) atoms. The van der Waals surface area contributed by atoms with Crippen molar-refractivity contribution in [2.24, 2.45) is 17.3 Å². The van der Waals surface area contributed by atoms with Gasteiger partial charge in [0.05, 0.1) is 18.6 Å². The summed E-state index contributed by atoms with van der Waals surface area (Å²) >= 11 is 0. The molecular formula is C23H44O5Si. The number of aliphatic hydroxyl groups is 1. The van der Waals surface area contributed by atoms with E-state index < -0.39 is 37.8 Å².